The number of fused-ring (bicyclic) bond motifs is 2. The van der Waals surface area contributed by atoms with Gasteiger partial charge in [-0.1, -0.05) is 54.3 Å². The molecule has 4 atom stereocenters. The van der Waals surface area contributed by atoms with E-state index in [1.54, 1.807) is 11.6 Å². The van der Waals surface area contributed by atoms with E-state index in [4.69, 9.17) is 0 Å². The van der Waals surface area contributed by atoms with Gasteiger partial charge in [0.15, 0.2) is 0 Å². The largest absolute Gasteiger partial charge is 0.390 e. The highest BCUT2D eigenvalue weighted by molar-refractivity contribution is 6.00. The Labute approximate surface area is 397 Å². The second-order valence-corrected chi connectivity index (χ2v) is 19.4. The number of imide groups is 1. The quantitative estimate of drug-likeness (QED) is 0.0603. The number of aryl methyl sites for hydroxylation is 2. The lowest BCUT2D eigenvalue weighted by Crippen LogP contribution is -2.44. The number of unbranched alkanes of at least 4 members (excludes halogenated alkanes) is 1. The molecule has 4 amide bonds. The SMILES string of the molecule is Cc1ccc(N[C@H]2CNC[C@H]2O)cc1C(=O)N[C@H](C)c1ccc(C#CC2CCN(CCCCC(=O)N3CCC(c4ccc5c(c4)n(C)c(=O)n5C4CCC(=O)NC4=O)CC3)CC2)c2ccccc12. The summed E-state index contributed by atoms with van der Waals surface area (Å²) in [4.78, 5) is 69.0. The molecule has 68 heavy (non-hydrogen) atoms. The Kier molecular flexibility index (Phi) is 14.1. The summed E-state index contributed by atoms with van der Waals surface area (Å²) in [6.45, 7) is 9.58. The van der Waals surface area contributed by atoms with E-state index >= 15 is 0 Å². The number of anilines is 1. The van der Waals surface area contributed by atoms with Gasteiger partial charge < -0.3 is 30.9 Å². The number of imidazole rings is 1. The number of carbonyl (C=O) groups excluding carboxylic acids is 4. The average molecular weight is 921 g/mol. The first kappa shape index (κ1) is 46.8. The number of aromatic nitrogens is 2. The summed E-state index contributed by atoms with van der Waals surface area (Å²) in [5.41, 5.74) is 6.65. The van der Waals surface area contributed by atoms with Gasteiger partial charge in [-0.2, -0.15) is 0 Å². The highest BCUT2D eigenvalue weighted by Gasteiger charge is 2.32. The number of hydrogen-bond donors (Lipinski definition) is 5. The summed E-state index contributed by atoms with van der Waals surface area (Å²) in [6.07, 6.45) is 6.20. The molecule has 4 saturated heterocycles. The molecule has 5 aromatic rings. The van der Waals surface area contributed by atoms with E-state index in [1.165, 1.54) is 4.57 Å². The van der Waals surface area contributed by atoms with Crippen molar-refractivity contribution in [1.82, 2.24) is 34.9 Å². The fraction of sp³-hybridized carbons (Fsp3) is 0.463. The lowest BCUT2D eigenvalue weighted by Gasteiger charge is -2.32. The highest BCUT2D eigenvalue weighted by atomic mass is 16.3. The van der Waals surface area contributed by atoms with E-state index in [-0.39, 0.29) is 47.8 Å². The number of amides is 4. The number of aliphatic hydroxyl groups is 1. The second-order valence-electron chi connectivity index (χ2n) is 19.4. The fourth-order valence-electron chi connectivity index (χ4n) is 10.7. The van der Waals surface area contributed by atoms with E-state index in [0.717, 1.165) is 102 Å². The minimum absolute atomic E-state index is 0.103. The van der Waals surface area contributed by atoms with Gasteiger partial charge in [0.2, 0.25) is 17.7 Å². The molecule has 0 bridgehead atoms. The molecule has 1 aromatic heterocycles. The first-order valence-corrected chi connectivity index (χ1v) is 24.6. The number of likely N-dealkylation sites (tertiary alicyclic amines) is 2. The number of hydrogen-bond acceptors (Lipinski definition) is 9. The van der Waals surface area contributed by atoms with Crippen LogP contribution in [0.1, 0.15) is 115 Å². The molecule has 9 rings (SSSR count). The molecular weight excluding hydrogens is 857 g/mol. The zero-order valence-corrected chi connectivity index (χ0v) is 39.5. The van der Waals surface area contributed by atoms with Crippen LogP contribution in [-0.2, 0) is 21.4 Å². The first-order chi connectivity index (χ1) is 32.9. The molecule has 0 radical (unpaired) electrons. The van der Waals surface area contributed by atoms with Crippen molar-refractivity contribution < 1.29 is 24.3 Å². The van der Waals surface area contributed by atoms with Gasteiger partial charge in [0, 0.05) is 68.8 Å². The van der Waals surface area contributed by atoms with Gasteiger partial charge >= 0.3 is 5.69 Å². The third-order valence-electron chi connectivity index (χ3n) is 14.9. The molecule has 4 fully saturated rings. The molecule has 5 heterocycles. The molecule has 4 aliphatic heterocycles. The van der Waals surface area contributed by atoms with Crippen molar-refractivity contribution >= 4 is 51.1 Å². The van der Waals surface area contributed by atoms with Crippen molar-refractivity contribution in [1.29, 1.82) is 0 Å². The summed E-state index contributed by atoms with van der Waals surface area (Å²) >= 11 is 0. The lowest BCUT2D eigenvalue weighted by molar-refractivity contribution is -0.136. The van der Waals surface area contributed by atoms with E-state index in [2.05, 4.69) is 62.3 Å². The zero-order valence-electron chi connectivity index (χ0n) is 39.5. The molecule has 5 N–H and O–H groups in total. The maximum atomic E-state index is 13.6. The molecular formula is C54H64N8O6. The van der Waals surface area contributed by atoms with Crippen LogP contribution in [0.4, 0.5) is 5.69 Å². The third kappa shape index (κ3) is 10.1. The van der Waals surface area contributed by atoms with Crippen LogP contribution in [0.3, 0.4) is 0 Å². The van der Waals surface area contributed by atoms with Gasteiger partial charge in [-0.3, -0.25) is 33.6 Å². The van der Waals surface area contributed by atoms with Gasteiger partial charge in [-0.25, -0.2) is 4.79 Å². The van der Waals surface area contributed by atoms with Gasteiger partial charge in [0.1, 0.15) is 6.04 Å². The summed E-state index contributed by atoms with van der Waals surface area (Å²) in [6, 6.07) is 23.2. The molecule has 0 saturated carbocycles. The zero-order chi connectivity index (χ0) is 47.5. The van der Waals surface area contributed by atoms with Crippen molar-refractivity contribution in [2.45, 2.75) is 102 Å². The second kappa shape index (κ2) is 20.5. The molecule has 14 nitrogen and oxygen atoms in total. The minimum atomic E-state index is -0.706. The Hall–Kier alpha value is -6.27. The predicted octanol–water partition coefficient (Wildman–Crippen LogP) is 5.65. The van der Waals surface area contributed by atoms with Crippen LogP contribution in [-0.4, -0.2) is 106 Å². The normalized spacial score (nSPS) is 21.1. The molecule has 356 valence electrons. The van der Waals surface area contributed by atoms with Crippen LogP contribution >= 0.6 is 0 Å². The number of nitrogens with zero attached hydrogens (tertiary/aromatic N) is 4. The topological polar surface area (TPSA) is 170 Å². The standard InChI is InChI=1S/C54H64N8O6/c1-34-11-16-40(57-45-32-55-33-49(45)63)31-44(34)52(66)56-35(2)41-17-14-38(42-8-4-5-9-43(41)42)13-12-36-21-26-60(27-22-36)25-7-6-10-51(65)61-28-23-37(24-29-61)39-15-18-46-48(30-39)59(3)54(68)62(46)47-19-20-50(64)58-53(47)67/h4-5,8-9,11,14-18,30-31,35-37,45,47,49,55,57,63H,6-7,10,19-29,32-33H2,1-3H3,(H,56,66)(H,58,64,67)/t35-,45+,47?,49-/m1/s1. The van der Waals surface area contributed by atoms with Crippen LogP contribution in [0.15, 0.2) is 77.6 Å². The van der Waals surface area contributed by atoms with Gasteiger partial charge in [0.25, 0.3) is 5.91 Å². The summed E-state index contributed by atoms with van der Waals surface area (Å²) in [5.74, 6) is 7.05. The Morgan fingerprint density at radius 1 is 0.868 bits per heavy atom. The minimum Gasteiger partial charge on any atom is -0.390 e. The average Bonchev–Trinajstić information content (AvgIpc) is 3.87. The summed E-state index contributed by atoms with van der Waals surface area (Å²) < 4.78 is 3.10. The number of piperidine rings is 3. The van der Waals surface area contributed by atoms with E-state index in [9.17, 15) is 29.1 Å². The third-order valence-corrected chi connectivity index (χ3v) is 14.9. The molecule has 1 unspecified atom stereocenters. The van der Waals surface area contributed by atoms with E-state index < -0.39 is 18.1 Å². The van der Waals surface area contributed by atoms with Gasteiger partial charge in [0.05, 0.1) is 29.2 Å². The summed E-state index contributed by atoms with van der Waals surface area (Å²) in [7, 11) is 1.72. The maximum Gasteiger partial charge on any atom is 0.329 e. The van der Waals surface area contributed by atoms with Crippen molar-refractivity contribution in [3.8, 4) is 11.8 Å². The summed E-state index contributed by atoms with van der Waals surface area (Å²) in [5, 5.41) is 24.6. The van der Waals surface area contributed by atoms with Crippen LogP contribution in [0, 0.1) is 24.7 Å². The van der Waals surface area contributed by atoms with E-state index in [0.29, 0.717) is 56.0 Å². The van der Waals surface area contributed by atoms with Crippen molar-refractivity contribution in [2.24, 2.45) is 13.0 Å². The number of carbonyl (C=O) groups is 4. The Morgan fingerprint density at radius 2 is 1.65 bits per heavy atom. The number of aliphatic hydroxyl groups excluding tert-OH is 1. The smallest absolute Gasteiger partial charge is 0.329 e. The Balaban J connectivity index is 0.715. The van der Waals surface area contributed by atoms with Crippen molar-refractivity contribution in [3.63, 3.8) is 0 Å². The number of benzene rings is 4. The van der Waals surface area contributed by atoms with E-state index in [1.807, 2.05) is 67.3 Å². The van der Waals surface area contributed by atoms with Gasteiger partial charge in [-0.05, 0) is 142 Å². The van der Waals surface area contributed by atoms with Crippen LogP contribution in [0.25, 0.3) is 21.8 Å². The van der Waals surface area contributed by atoms with Crippen LogP contribution in [0.2, 0.25) is 0 Å². The van der Waals surface area contributed by atoms with Crippen molar-refractivity contribution in [3.05, 3.63) is 111 Å². The molecule has 4 aromatic carbocycles. The molecule has 0 spiro atoms. The molecule has 4 aliphatic rings. The Bertz CT molecular complexity index is 2840. The van der Waals surface area contributed by atoms with Crippen LogP contribution in [0.5, 0.6) is 0 Å². The first-order valence-electron chi connectivity index (χ1n) is 24.6. The monoisotopic (exact) mass is 920 g/mol. The number of β-amino-alcohol motifs (C(OH)–C–C–N with tert-alkyl or cyclic N) is 1. The predicted molar refractivity (Wildman–Crippen MR) is 264 cm³/mol. The fourth-order valence-corrected chi connectivity index (χ4v) is 10.7. The maximum absolute atomic E-state index is 13.6. The highest BCUT2D eigenvalue weighted by Crippen LogP contribution is 2.33. The van der Waals surface area contributed by atoms with Crippen LogP contribution < -0.4 is 27.0 Å². The lowest BCUT2D eigenvalue weighted by atomic mass is 9.89. The molecule has 0 aliphatic carbocycles. The van der Waals surface area contributed by atoms with Gasteiger partial charge in [-0.15, -0.1) is 0 Å². The molecule has 14 heteroatoms. The number of nitrogens with one attached hydrogen (secondary N) is 4. The Morgan fingerprint density at radius 3 is 2.40 bits per heavy atom. The van der Waals surface area contributed by atoms with Crippen molar-refractivity contribution in [2.75, 3.05) is 51.1 Å². The number of rotatable bonds is 12.